The summed E-state index contributed by atoms with van der Waals surface area (Å²) in [6, 6.07) is 37.6. The quantitative estimate of drug-likeness (QED) is 0.156. The molecular weight excluding hydrogens is 880 g/mol. The first-order valence-corrected chi connectivity index (χ1v) is 20.0. The molecule has 6 heteroatoms. The molecule has 0 saturated carbocycles. The second-order valence-corrected chi connectivity index (χ2v) is 19.8. The van der Waals surface area contributed by atoms with E-state index in [-0.39, 0.29) is 42.7 Å². The fourth-order valence-corrected chi connectivity index (χ4v) is 7.65. The van der Waals surface area contributed by atoms with Crippen molar-refractivity contribution in [1.29, 1.82) is 0 Å². The van der Waals surface area contributed by atoms with Gasteiger partial charge in [0, 0.05) is 39.6 Å². The molecular formula is C51H58N4OPt. The minimum atomic E-state index is -0.213. The van der Waals surface area contributed by atoms with Crippen molar-refractivity contribution in [2.75, 3.05) is 0 Å². The van der Waals surface area contributed by atoms with E-state index in [0.29, 0.717) is 17.4 Å². The van der Waals surface area contributed by atoms with Crippen LogP contribution >= 0.6 is 0 Å². The molecule has 1 unspecified atom stereocenters. The standard InChI is InChI=1S/C51H58N4O.Pt/c1-32-26-37(55-47(51(12,13)14)45(34-18-16-15-17-19-34)46(53-55)50(9,10)11)30-39(27-32)56-38-21-22-40-41-28-35(33(2)48(3,4)5)20-23-42(41)54(43(40)31-38)44-29-36(24-25-52-44)49(6,7)8;/h15-29,33H,1-14H3;/q-2;+2. The van der Waals surface area contributed by atoms with E-state index in [9.17, 15) is 0 Å². The van der Waals surface area contributed by atoms with E-state index in [1.165, 1.54) is 27.6 Å². The number of fused-ring (bicyclic) bond motifs is 3. The largest absolute Gasteiger partial charge is 2.00 e. The second kappa shape index (κ2) is 15.0. The summed E-state index contributed by atoms with van der Waals surface area (Å²) in [5.74, 6) is 2.47. The molecule has 0 bridgehead atoms. The summed E-state index contributed by atoms with van der Waals surface area (Å²) < 4.78 is 11.1. The fraction of sp³-hybridized carbons (Fsp3) is 0.373. The number of benzene rings is 4. The summed E-state index contributed by atoms with van der Waals surface area (Å²) >= 11 is 0. The summed E-state index contributed by atoms with van der Waals surface area (Å²) in [5.41, 5.74) is 10.7. The number of ether oxygens (including phenoxy) is 1. The summed E-state index contributed by atoms with van der Waals surface area (Å²) in [7, 11) is 0. The number of aryl methyl sites for hydroxylation is 1. The van der Waals surface area contributed by atoms with Crippen LogP contribution in [0.2, 0.25) is 0 Å². The summed E-state index contributed by atoms with van der Waals surface area (Å²) in [5, 5.41) is 7.66. The van der Waals surface area contributed by atoms with Gasteiger partial charge in [-0.05, 0) is 62.7 Å². The van der Waals surface area contributed by atoms with Crippen LogP contribution in [0.4, 0.5) is 0 Å². The normalized spacial score (nSPS) is 13.2. The first-order chi connectivity index (χ1) is 26.1. The van der Waals surface area contributed by atoms with E-state index in [4.69, 9.17) is 14.8 Å². The Bertz CT molecular complexity index is 2570. The van der Waals surface area contributed by atoms with Gasteiger partial charge in [0.1, 0.15) is 5.82 Å². The van der Waals surface area contributed by atoms with Crippen LogP contribution in [0, 0.1) is 24.5 Å². The first-order valence-electron chi connectivity index (χ1n) is 20.0. The SMILES string of the molecule is Cc1cc(Oc2[c-]c3c(cc2)c2cc(C(C)C(C)(C)C)ccc2n3-c2cc(C(C)(C)C)ccn2)[c-]c(-n2nc(C(C)(C)C)c(-c3ccccc3)c2C(C)(C)C)c1.[Pt+2]. The summed E-state index contributed by atoms with van der Waals surface area (Å²) in [6.07, 6.45) is 1.92. The number of pyridine rings is 1. The van der Waals surface area contributed by atoms with Crippen LogP contribution in [0.1, 0.15) is 124 Å². The minimum Gasteiger partial charge on any atom is -0.509 e. The maximum absolute atomic E-state index is 6.73. The molecule has 57 heavy (non-hydrogen) atoms. The summed E-state index contributed by atoms with van der Waals surface area (Å²) in [4.78, 5) is 4.93. The number of hydrogen-bond donors (Lipinski definition) is 0. The van der Waals surface area contributed by atoms with Gasteiger partial charge in [-0.1, -0.05) is 145 Å². The molecule has 0 spiro atoms. The molecule has 0 aliphatic rings. The van der Waals surface area contributed by atoms with Crippen LogP contribution in [0.5, 0.6) is 11.5 Å². The van der Waals surface area contributed by atoms with Gasteiger partial charge in [-0.25, -0.2) is 4.98 Å². The van der Waals surface area contributed by atoms with Crippen molar-refractivity contribution in [2.24, 2.45) is 5.41 Å². The molecule has 0 aliphatic carbocycles. The van der Waals surface area contributed by atoms with Gasteiger partial charge in [0.15, 0.2) is 0 Å². The van der Waals surface area contributed by atoms with E-state index in [1.54, 1.807) is 0 Å². The zero-order chi connectivity index (χ0) is 40.5. The molecule has 4 aromatic carbocycles. The fourth-order valence-electron chi connectivity index (χ4n) is 7.65. The zero-order valence-electron chi connectivity index (χ0n) is 36.3. The molecule has 0 saturated heterocycles. The van der Waals surface area contributed by atoms with Crippen molar-refractivity contribution in [3.8, 4) is 34.1 Å². The molecule has 298 valence electrons. The number of aromatic nitrogens is 4. The molecule has 7 rings (SSSR count). The van der Waals surface area contributed by atoms with E-state index >= 15 is 0 Å². The average molecular weight is 938 g/mol. The monoisotopic (exact) mass is 937 g/mol. The predicted molar refractivity (Wildman–Crippen MR) is 234 cm³/mol. The van der Waals surface area contributed by atoms with Crippen LogP contribution in [0.3, 0.4) is 0 Å². The Morgan fingerprint density at radius 2 is 1.39 bits per heavy atom. The number of hydrogen-bond acceptors (Lipinski definition) is 3. The van der Waals surface area contributed by atoms with Gasteiger partial charge in [0.2, 0.25) is 0 Å². The predicted octanol–water partition coefficient (Wildman–Crippen LogP) is 13.8. The molecule has 0 fully saturated rings. The van der Waals surface area contributed by atoms with Crippen molar-refractivity contribution >= 4 is 21.8 Å². The van der Waals surface area contributed by atoms with Gasteiger partial charge in [0.25, 0.3) is 0 Å². The minimum absolute atomic E-state index is 0. The van der Waals surface area contributed by atoms with Crippen molar-refractivity contribution in [1.82, 2.24) is 19.3 Å². The van der Waals surface area contributed by atoms with Gasteiger partial charge < -0.3 is 9.30 Å². The van der Waals surface area contributed by atoms with Crippen LogP contribution in [0.15, 0.2) is 91.1 Å². The Hall–Kier alpha value is -4.47. The third-order valence-electron chi connectivity index (χ3n) is 11.1. The third-order valence-corrected chi connectivity index (χ3v) is 11.1. The van der Waals surface area contributed by atoms with Gasteiger partial charge in [-0.2, -0.15) is 16.7 Å². The third kappa shape index (κ3) is 8.28. The maximum atomic E-state index is 6.73. The Morgan fingerprint density at radius 3 is 2.02 bits per heavy atom. The van der Waals surface area contributed by atoms with Crippen LogP contribution in [-0.4, -0.2) is 19.3 Å². The average Bonchev–Trinajstić information content (AvgIpc) is 3.68. The van der Waals surface area contributed by atoms with E-state index in [2.05, 4.69) is 191 Å². The summed E-state index contributed by atoms with van der Waals surface area (Å²) in [6.45, 7) is 31.5. The molecule has 0 amide bonds. The molecule has 7 aromatic rings. The van der Waals surface area contributed by atoms with Crippen molar-refractivity contribution < 1.29 is 25.8 Å². The molecule has 0 radical (unpaired) electrons. The first kappa shape index (κ1) is 42.1. The Labute approximate surface area is 355 Å². The zero-order valence-corrected chi connectivity index (χ0v) is 38.5. The van der Waals surface area contributed by atoms with Crippen LogP contribution in [0.25, 0.3) is 44.4 Å². The van der Waals surface area contributed by atoms with Crippen molar-refractivity contribution in [3.05, 3.63) is 131 Å². The maximum Gasteiger partial charge on any atom is 2.00 e. The van der Waals surface area contributed by atoms with Gasteiger partial charge in [-0.3, -0.25) is 4.68 Å². The van der Waals surface area contributed by atoms with E-state index in [0.717, 1.165) is 44.9 Å². The molecule has 3 heterocycles. The van der Waals surface area contributed by atoms with Crippen LogP contribution in [-0.2, 0) is 37.3 Å². The molecule has 1 atom stereocenters. The van der Waals surface area contributed by atoms with E-state index < -0.39 is 0 Å². The molecule has 3 aromatic heterocycles. The van der Waals surface area contributed by atoms with Gasteiger partial charge in [0.05, 0.1) is 11.4 Å². The van der Waals surface area contributed by atoms with Gasteiger partial charge >= 0.3 is 21.1 Å². The number of nitrogens with zero attached hydrogens (tertiary/aromatic N) is 4. The number of rotatable bonds is 6. The van der Waals surface area contributed by atoms with Crippen molar-refractivity contribution in [3.63, 3.8) is 0 Å². The Kier molecular flexibility index (Phi) is 11.1. The molecule has 0 N–H and O–H groups in total. The molecule has 0 aliphatic heterocycles. The second-order valence-electron chi connectivity index (χ2n) is 19.8. The topological polar surface area (TPSA) is 44.9 Å². The van der Waals surface area contributed by atoms with Crippen LogP contribution < -0.4 is 4.74 Å². The van der Waals surface area contributed by atoms with Crippen molar-refractivity contribution in [2.45, 2.75) is 119 Å². The van der Waals surface area contributed by atoms with E-state index in [1.807, 2.05) is 18.3 Å². The smallest absolute Gasteiger partial charge is 0.509 e. The molecule has 5 nitrogen and oxygen atoms in total. The Morgan fingerprint density at radius 1 is 0.684 bits per heavy atom. The Balaban J connectivity index is 0.00000549. The van der Waals surface area contributed by atoms with Gasteiger partial charge in [-0.15, -0.1) is 35.7 Å².